The Hall–Kier alpha value is -1.18. The van der Waals surface area contributed by atoms with E-state index in [1.165, 1.54) is 21.9 Å². The maximum absolute atomic E-state index is 13.3. The van der Waals surface area contributed by atoms with Crippen molar-refractivity contribution < 1.29 is 35.8 Å². The third-order valence-corrected chi connectivity index (χ3v) is 7.86. The van der Waals surface area contributed by atoms with Gasteiger partial charge in [0.05, 0.1) is 0 Å². The maximum Gasteiger partial charge on any atom is 0.160 e. The van der Waals surface area contributed by atoms with E-state index in [-0.39, 0.29) is 43.6 Å². The fraction of sp³-hybridized carbons (Fsp3) is 0.517. The van der Waals surface area contributed by atoms with Crippen LogP contribution in [0.4, 0.5) is 0 Å². The molecular formula is C29H36N3O3ReS2-5. The van der Waals surface area contributed by atoms with Crippen molar-refractivity contribution in [2.45, 2.75) is 51.1 Å². The summed E-state index contributed by atoms with van der Waals surface area (Å²) in [4.78, 5) is 22.0. The van der Waals surface area contributed by atoms with Crippen molar-refractivity contribution in [3.63, 3.8) is 0 Å². The molecule has 38 heavy (non-hydrogen) atoms. The van der Waals surface area contributed by atoms with Crippen molar-refractivity contribution in [2.24, 2.45) is 4.99 Å². The van der Waals surface area contributed by atoms with Crippen LogP contribution in [-0.2, 0) is 56.0 Å². The predicted octanol–water partition coefficient (Wildman–Crippen LogP) is 3.23. The standard InChI is InChI=1S/C29H39N3O2S2.O.Re/c1-2-27(33)29-25(23-9-8-21-6-3-4-7-22(21)18-23)19-24-10-11-26(29)32(24)14-5-13-31(15-17-36)20-28(34)30-12-16-35;;/h3-4,6-9,18,24,26,35-36H,2,5,10-17,19-20H2,1H3,(H,30,34);;/q;-2;/p-3/t24?,26-;;/m1../s1. The van der Waals surface area contributed by atoms with Crippen molar-refractivity contribution in [2.75, 3.05) is 44.2 Å². The normalized spacial score (nSPS) is 19.5. The Labute approximate surface area is 251 Å². The number of Topliss-reactive ketones (excluding diaryl/α,β-unsaturated/α-hetero) is 1. The predicted molar refractivity (Wildman–Crippen MR) is 153 cm³/mol. The second-order valence-electron chi connectivity index (χ2n) is 9.73. The molecule has 9 heteroatoms. The Kier molecular flexibility index (Phi) is 14.1. The van der Waals surface area contributed by atoms with Crippen molar-refractivity contribution in [1.29, 1.82) is 0 Å². The second kappa shape index (κ2) is 16.2. The van der Waals surface area contributed by atoms with E-state index in [1.807, 2.05) is 6.92 Å². The first-order valence-electron chi connectivity index (χ1n) is 13.2. The minimum absolute atomic E-state index is 0. The minimum Gasteiger partial charge on any atom is -2.00 e. The van der Waals surface area contributed by atoms with Crippen LogP contribution in [0.5, 0.6) is 0 Å². The van der Waals surface area contributed by atoms with Gasteiger partial charge in [-0.3, -0.25) is 9.69 Å². The van der Waals surface area contributed by atoms with Crippen LogP contribution in [0.25, 0.3) is 16.3 Å². The smallest absolute Gasteiger partial charge is 0.160 e. The Morgan fingerprint density at radius 2 is 1.87 bits per heavy atom. The molecule has 0 aliphatic carbocycles. The van der Waals surface area contributed by atoms with Gasteiger partial charge in [-0.15, -0.1) is 0 Å². The number of carbonyl (C=O) groups is 1. The number of hydrogen-bond donors (Lipinski definition) is 0. The summed E-state index contributed by atoms with van der Waals surface area (Å²) in [5.41, 5.74) is 3.47. The fourth-order valence-corrected chi connectivity index (χ4v) is 6.18. The summed E-state index contributed by atoms with van der Waals surface area (Å²) in [6.45, 7) is 5.13. The first kappa shape index (κ1) is 33.0. The molecular weight excluding hydrogens is 689 g/mol. The van der Waals surface area contributed by atoms with Crippen LogP contribution < -0.4 is 5.11 Å². The van der Waals surface area contributed by atoms with Crippen LogP contribution in [0.1, 0.15) is 44.6 Å². The van der Waals surface area contributed by atoms with Gasteiger partial charge < -0.3 is 45.7 Å². The summed E-state index contributed by atoms with van der Waals surface area (Å²) in [5.74, 6) is 1.23. The molecule has 6 nitrogen and oxygen atoms in total. The van der Waals surface area contributed by atoms with Crippen LogP contribution in [0, 0.1) is 0 Å². The Bertz CT molecular complexity index is 1130. The van der Waals surface area contributed by atoms with Crippen LogP contribution in [0.2, 0.25) is 0 Å². The Morgan fingerprint density at radius 1 is 1.11 bits per heavy atom. The number of fused-ring (bicyclic) bond motifs is 3. The number of nitrogens with zero attached hydrogens (tertiary/aromatic N) is 3. The summed E-state index contributed by atoms with van der Waals surface area (Å²) >= 11 is 10.1. The molecule has 4 rings (SSSR count). The largest absolute Gasteiger partial charge is 2.00 e. The van der Waals surface area contributed by atoms with E-state index in [4.69, 9.17) is 25.3 Å². The van der Waals surface area contributed by atoms with Crippen molar-refractivity contribution in [3.05, 3.63) is 53.6 Å². The summed E-state index contributed by atoms with van der Waals surface area (Å²) in [6, 6.07) is 15.7. The first-order chi connectivity index (χ1) is 17.5. The van der Waals surface area contributed by atoms with Gasteiger partial charge >= 0.3 is 0 Å². The van der Waals surface area contributed by atoms with E-state index in [9.17, 15) is 9.90 Å². The first-order valence-corrected chi connectivity index (χ1v) is 14.3. The molecule has 2 heterocycles. The van der Waals surface area contributed by atoms with Gasteiger partial charge in [0, 0.05) is 64.1 Å². The molecule has 0 N–H and O–H groups in total. The zero-order chi connectivity index (χ0) is 25.5. The number of carbonyl (C=O) groups excluding carboxylic acids is 1. The molecule has 0 saturated carbocycles. The van der Waals surface area contributed by atoms with Crippen LogP contribution >= 0.6 is 0 Å². The topological polar surface area (TPSA) is 87.5 Å². The van der Waals surface area contributed by atoms with Crippen molar-refractivity contribution >= 4 is 53.3 Å². The van der Waals surface area contributed by atoms with Gasteiger partial charge in [0.2, 0.25) is 0 Å². The third-order valence-electron chi connectivity index (χ3n) is 7.50. The van der Waals surface area contributed by atoms with Crippen molar-refractivity contribution in [1.82, 2.24) is 9.80 Å². The molecule has 2 aromatic carbocycles. The molecule has 209 valence electrons. The minimum atomic E-state index is -0.111. The molecule has 1 fully saturated rings. The molecule has 0 spiro atoms. The van der Waals surface area contributed by atoms with Gasteiger partial charge in [-0.2, -0.15) is 11.5 Å². The SMILES string of the molecule is CCC(=O)C1=C(c2ccc3ccccc3c2)CC2CC[C@H]1N2CCCN(CC[S-])CC([O-])=NCC[S-].[O-2].[Re]. The van der Waals surface area contributed by atoms with E-state index in [0.717, 1.165) is 44.3 Å². The molecule has 2 aliphatic heterocycles. The Balaban J connectivity index is 0.00000253. The van der Waals surface area contributed by atoms with E-state index in [0.29, 0.717) is 43.6 Å². The number of ketones is 1. The van der Waals surface area contributed by atoms with E-state index < -0.39 is 0 Å². The Morgan fingerprint density at radius 3 is 2.58 bits per heavy atom. The van der Waals surface area contributed by atoms with Gasteiger partial charge in [0.15, 0.2) is 5.78 Å². The molecule has 2 bridgehead atoms. The second-order valence-corrected chi connectivity index (χ2v) is 10.5. The van der Waals surface area contributed by atoms with Crippen LogP contribution in [-0.4, -0.2) is 77.8 Å². The molecule has 2 aliphatic rings. The van der Waals surface area contributed by atoms with Gasteiger partial charge in [0.25, 0.3) is 0 Å². The van der Waals surface area contributed by atoms with E-state index in [1.54, 1.807) is 0 Å². The molecule has 2 aromatic rings. The average Bonchev–Trinajstić information content (AvgIpc) is 3.17. The van der Waals surface area contributed by atoms with Crippen LogP contribution in [0.15, 0.2) is 53.0 Å². The molecule has 0 amide bonds. The summed E-state index contributed by atoms with van der Waals surface area (Å²) in [7, 11) is 0. The van der Waals surface area contributed by atoms with E-state index >= 15 is 0 Å². The molecule has 1 saturated heterocycles. The van der Waals surface area contributed by atoms with Crippen LogP contribution in [0.3, 0.4) is 0 Å². The molecule has 1 unspecified atom stereocenters. The zero-order valence-corrected chi connectivity index (χ0v) is 26.3. The van der Waals surface area contributed by atoms with Gasteiger partial charge in [-0.25, -0.2) is 0 Å². The third kappa shape index (κ3) is 7.94. The summed E-state index contributed by atoms with van der Waals surface area (Å²) in [6.07, 6.45) is 4.55. The van der Waals surface area contributed by atoms with E-state index in [2.05, 4.69) is 57.3 Å². The number of benzene rings is 2. The quantitative estimate of drug-likeness (QED) is 0.179. The number of aliphatic imine (C=N–C) groups is 1. The molecule has 1 radical (unpaired) electrons. The summed E-state index contributed by atoms with van der Waals surface area (Å²) in [5, 5.41) is 14.6. The van der Waals surface area contributed by atoms with Crippen molar-refractivity contribution in [3.8, 4) is 0 Å². The molecule has 0 aromatic heterocycles. The average molecular weight is 725 g/mol. The fourth-order valence-electron chi connectivity index (χ4n) is 5.83. The monoisotopic (exact) mass is 725 g/mol. The van der Waals surface area contributed by atoms with Gasteiger partial charge in [-0.1, -0.05) is 43.3 Å². The summed E-state index contributed by atoms with van der Waals surface area (Å²) < 4.78 is 0. The van der Waals surface area contributed by atoms with Gasteiger partial charge in [-0.05, 0) is 72.6 Å². The zero-order valence-electron chi connectivity index (χ0n) is 21.9. The maximum atomic E-state index is 13.3. The number of hydrogen-bond acceptors (Lipinski definition) is 7. The molecule has 2 atom stereocenters. The van der Waals surface area contributed by atoms with Gasteiger partial charge in [0.1, 0.15) is 0 Å². The number of rotatable bonds is 13.